The molecule has 1 saturated carbocycles. The number of carbonyl (C=O) groups excluding carboxylic acids is 1. The molecular weight excluding hydrogens is 252 g/mol. The molecule has 1 aromatic carbocycles. The molecule has 1 fully saturated rings. The summed E-state index contributed by atoms with van der Waals surface area (Å²) < 4.78 is 0. The third-order valence-electron chi connectivity index (χ3n) is 4.15. The average Bonchev–Trinajstić information content (AvgIpc) is 2.86. The first-order valence-corrected chi connectivity index (χ1v) is 7.27. The Morgan fingerprint density at radius 1 is 1.35 bits per heavy atom. The standard InChI is InChI=1S/C16H20N2O2/c1-18(16(19)13-8-5-9-13)11-14-10-15(17-20-14)12-6-3-2-4-7-12/h2-4,6-7,13-14H,5,8-11H2,1H3. The second-order valence-electron chi connectivity index (χ2n) is 5.68. The van der Waals surface area contributed by atoms with Crippen LogP contribution in [0.1, 0.15) is 31.2 Å². The molecule has 20 heavy (non-hydrogen) atoms. The van der Waals surface area contributed by atoms with Crippen LogP contribution in [-0.2, 0) is 9.63 Å². The van der Waals surface area contributed by atoms with Gasteiger partial charge in [0.15, 0.2) is 6.10 Å². The molecule has 0 saturated heterocycles. The van der Waals surface area contributed by atoms with Crippen molar-refractivity contribution in [2.75, 3.05) is 13.6 Å². The maximum atomic E-state index is 12.1. The number of nitrogens with zero attached hydrogens (tertiary/aromatic N) is 2. The van der Waals surface area contributed by atoms with Gasteiger partial charge in [0.2, 0.25) is 5.91 Å². The molecule has 1 aromatic rings. The van der Waals surface area contributed by atoms with Crippen LogP contribution in [0.4, 0.5) is 0 Å². The molecule has 106 valence electrons. The third-order valence-corrected chi connectivity index (χ3v) is 4.15. The Morgan fingerprint density at radius 3 is 2.75 bits per heavy atom. The van der Waals surface area contributed by atoms with Crippen LogP contribution in [0.5, 0.6) is 0 Å². The molecule has 0 spiro atoms. The summed E-state index contributed by atoms with van der Waals surface area (Å²) in [6.45, 7) is 0.620. The van der Waals surface area contributed by atoms with Crippen molar-refractivity contribution in [2.45, 2.75) is 31.8 Å². The fourth-order valence-electron chi connectivity index (χ4n) is 2.69. The highest BCUT2D eigenvalue weighted by molar-refractivity contribution is 6.01. The third kappa shape index (κ3) is 2.69. The van der Waals surface area contributed by atoms with E-state index < -0.39 is 0 Å². The highest BCUT2D eigenvalue weighted by Gasteiger charge is 2.30. The average molecular weight is 272 g/mol. The van der Waals surface area contributed by atoms with Crippen molar-refractivity contribution in [3.8, 4) is 0 Å². The predicted octanol–water partition coefficient (Wildman–Crippen LogP) is 2.44. The summed E-state index contributed by atoms with van der Waals surface area (Å²) in [5.74, 6) is 0.504. The van der Waals surface area contributed by atoms with E-state index >= 15 is 0 Å². The summed E-state index contributed by atoms with van der Waals surface area (Å²) in [5, 5.41) is 4.16. The van der Waals surface area contributed by atoms with Crippen LogP contribution in [0, 0.1) is 5.92 Å². The zero-order valence-corrected chi connectivity index (χ0v) is 11.8. The summed E-state index contributed by atoms with van der Waals surface area (Å²) in [6, 6.07) is 10.1. The second kappa shape index (κ2) is 5.65. The fraction of sp³-hybridized carbons (Fsp3) is 0.500. The van der Waals surface area contributed by atoms with Crippen LogP contribution in [0.25, 0.3) is 0 Å². The molecule has 0 aromatic heterocycles. The van der Waals surface area contributed by atoms with Crippen molar-refractivity contribution in [2.24, 2.45) is 11.1 Å². The first-order valence-electron chi connectivity index (χ1n) is 7.27. The summed E-state index contributed by atoms with van der Waals surface area (Å²) in [4.78, 5) is 19.4. The molecule has 1 aliphatic heterocycles. The summed E-state index contributed by atoms with van der Waals surface area (Å²) in [6.07, 6.45) is 4.03. The molecule has 2 aliphatic rings. The minimum atomic E-state index is -0.0146. The van der Waals surface area contributed by atoms with Crippen molar-refractivity contribution in [1.29, 1.82) is 0 Å². The molecule has 1 amide bonds. The zero-order valence-electron chi connectivity index (χ0n) is 11.8. The van der Waals surface area contributed by atoms with Crippen molar-refractivity contribution >= 4 is 11.6 Å². The second-order valence-corrected chi connectivity index (χ2v) is 5.68. The van der Waals surface area contributed by atoms with E-state index in [1.807, 2.05) is 37.4 Å². The van der Waals surface area contributed by atoms with Gasteiger partial charge >= 0.3 is 0 Å². The maximum Gasteiger partial charge on any atom is 0.225 e. The lowest BCUT2D eigenvalue weighted by Gasteiger charge is -2.30. The van der Waals surface area contributed by atoms with Gasteiger partial charge in [-0.25, -0.2) is 0 Å². The predicted molar refractivity (Wildman–Crippen MR) is 77.4 cm³/mol. The van der Waals surface area contributed by atoms with Crippen LogP contribution in [0.2, 0.25) is 0 Å². The number of amides is 1. The van der Waals surface area contributed by atoms with Gasteiger partial charge in [0, 0.05) is 19.4 Å². The molecule has 4 heteroatoms. The van der Waals surface area contributed by atoms with E-state index in [1.54, 1.807) is 4.90 Å². The van der Waals surface area contributed by atoms with Gasteiger partial charge < -0.3 is 9.74 Å². The maximum absolute atomic E-state index is 12.1. The molecule has 1 heterocycles. The van der Waals surface area contributed by atoms with Gasteiger partial charge in [-0.15, -0.1) is 0 Å². The molecule has 0 radical (unpaired) electrons. The van der Waals surface area contributed by atoms with Crippen molar-refractivity contribution in [3.63, 3.8) is 0 Å². The Bertz CT molecular complexity index is 508. The van der Waals surface area contributed by atoms with E-state index in [1.165, 1.54) is 6.42 Å². The minimum Gasteiger partial charge on any atom is -0.390 e. The van der Waals surface area contributed by atoms with Gasteiger partial charge in [-0.1, -0.05) is 41.9 Å². The summed E-state index contributed by atoms with van der Waals surface area (Å²) in [7, 11) is 1.87. The molecular formula is C16H20N2O2. The first kappa shape index (κ1) is 13.2. The van der Waals surface area contributed by atoms with Gasteiger partial charge in [0.05, 0.1) is 12.3 Å². The molecule has 1 unspecified atom stereocenters. The smallest absolute Gasteiger partial charge is 0.225 e. The quantitative estimate of drug-likeness (QED) is 0.844. The molecule has 3 rings (SSSR count). The van der Waals surface area contributed by atoms with Gasteiger partial charge in [-0.2, -0.15) is 0 Å². The lowest BCUT2D eigenvalue weighted by atomic mass is 9.84. The Balaban J connectivity index is 1.53. The lowest BCUT2D eigenvalue weighted by molar-refractivity contribution is -0.138. The van der Waals surface area contributed by atoms with Crippen molar-refractivity contribution in [3.05, 3.63) is 35.9 Å². The normalized spacial score (nSPS) is 21.9. The van der Waals surface area contributed by atoms with Gasteiger partial charge in [-0.05, 0) is 18.4 Å². The molecule has 0 bridgehead atoms. The van der Waals surface area contributed by atoms with Crippen LogP contribution in [-0.4, -0.2) is 36.2 Å². The largest absolute Gasteiger partial charge is 0.390 e. The zero-order chi connectivity index (χ0) is 13.9. The molecule has 1 aliphatic carbocycles. The monoisotopic (exact) mass is 272 g/mol. The number of oxime groups is 1. The highest BCUT2D eigenvalue weighted by atomic mass is 16.6. The molecule has 0 N–H and O–H groups in total. The Morgan fingerprint density at radius 2 is 2.10 bits per heavy atom. The number of hydrogen-bond donors (Lipinski definition) is 0. The fourth-order valence-corrected chi connectivity index (χ4v) is 2.69. The topological polar surface area (TPSA) is 41.9 Å². The Labute approximate surface area is 119 Å². The minimum absolute atomic E-state index is 0.0146. The van der Waals surface area contributed by atoms with E-state index in [-0.39, 0.29) is 17.9 Å². The number of hydrogen-bond acceptors (Lipinski definition) is 3. The Hall–Kier alpha value is -1.84. The lowest BCUT2D eigenvalue weighted by Crippen LogP contribution is -2.40. The first-order chi connectivity index (χ1) is 9.74. The SMILES string of the molecule is CN(CC1CC(c2ccccc2)=NO1)C(=O)C1CCC1. The van der Waals surface area contributed by atoms with Crippen molar-refractivity contribution < 1.29 is 9.63 Å². The summed E-state index contributed by atoms with van der Waals surface area (Å²) >= 11 is 0. The number of likely N-dealkylation sites (N-methyl/N-ethyl adjacent to an activating group) is 1. The van der Waals surface area contributed by atoms with E-state index in [2.05, 4.69) is 5.16 Å². The van der Waals surface area contributed by atoms with Crippen LogP contribution in [0.3, 0.4) is 0 Å². The van der Waals surface area contributed by atoms with Crippen LogP contribution >= 0.6 is 0 Å². The van der Waals surface area contributed by atoms with Crippen molar-refractivity contribution in [1.82, 2.24) is 4.90 Å². The molecule has 1 atom stereocenters. The van der Waals surface area contributed by atoms with Crippen LogP contribution < -0.4 is 0 Å². The summed E-state index contributed by atoms with van der Waals surface area (Å²) in [5.41, 5.74) is 2.07. The number of benzene rings is 1. The van der Waals surface area contributed by atoms with Gasteiger partial charge in [-0.3, -0.25) is 4.79 Å². The van der Waals surface area contributed by atoms with E-state index in [0.29, 0.717) is 6.54 Å². The highest BCUT2D eigenvalue weighted by Crippen LogP contribution is 2.28. The van der Waals surface area contributed by atoms with Crippen LogP contribution in [0.15, 0.2) is 35.5 Å². The van der Waals surface area contributed by atoms with Gasteiger partial charge in [0.1, 0.15) is 0 Å². The molecule has 4 nitrogen and oxygen atoms in total. The van der Waals surface area contributed by atoms with E-state index in [4.69, 9.17) is 4.84 Å². The van der Waals surface area contributed by atoms with E-state index in [0.717, 1.165) is 30.5 Å². The number of rotatable bonds is 4. The number of carbonyl (C=O) groups is 1. The van der Waals surface area contributed by atoms with E-state index in [9.17, 15) is 4.79 Å². The van der Waals surface area contributed by atoms with Gasteiger partial charge in [0.25, 0.3) is 0 Å². The Kier molecular flexibility index (Phi) is 3.72.